The molecule has 0 radical (unpaired) electrons. The Hall–Kier alpha value is -5.00. The zero-order chi connectivity index (χ0) is 30.1. The van der Waals surface area contributed by atoms with E-state index in [9.17, 15) is 0 Å². The van der Waals surface area contributed by atoms with Gasteiger partial charge in [0.05, 0.1) is 36.5 Å². The van der Waals surface area contributed by atoms with Crippen LogP contribution in [0.4, 0.5) is 0 Å². The second-order valence-corrected chi connectivity index (χ2v) is 16.9. The first-order chi connectivity index (χ1) is 21.5. The van der Waals surface area contributed by atoms with Crippen molar-refractivity contribution in [3.8, 4) is 22.8 Å². The molecule has 0 saturated carbocycles. The lowest BCUT2D eigenvalue weighted by Crippen LogP contribution is -2.51. The van der Waals surface area contributed by atoms with Crippen LogP contribution in [0.1, 0.15) is 35.4 Å². The molecule has 2 unspecified atom stereocenters. The van der Waals surface area contributed by atoms with E-state index in [1.807, 2.05) is 48.8 Å². The first-order valence-corrected chi connectivity index (χ1v) is 18.1. The SMILES string of the molecule is CC1(c2cccc(-c3ccccn3)n2)C(c2ccccc2)C(c2ccccc2)=C(c2cccc(-c3ccccn3)n2)[Si]1(C)C. The number of pyridine rings is 4. The molecule has 1 aliphatic heterocycles. The van der Waals surface area contributed by atoms with Crippen LogP contribution >= 0.6 is 0 Å². The Labute approximate surface area is 260 Å². The minimum absolute atomic E-state index is 0.0644. The van der Waals surface area contributed by atoms with Gasteiger partial charge < -0.3 is 0 Å². The molecule has 0 fully saturated rings. The summed E-state index contributed by atoms with van der Waals surface area (Å²) >= 11 is 0. The molecule has 0 bridgehead atoms. The molecule has 4 aromatic heterocycles. The van der Waals surface area contributed by atoms with Gasteiger partial charge in [-0.05, 0) is 70.4 Å². The van der Waals surface area contributed by atoms with Gasteiger partial charge >= 0.3 is 0 Å². The molecule has 214 valence electrons. The molecule has 4 nitrogen and oxygen atoms in total. The summed E-state index contributed by atoms with van der Waals surface area (Å²) in [4.78, 5) is 20.0. The molecule has 1 aliphatic rings. The zero-order valence-electron chi connectivity index (χ0n) is 25.2. The Kier molecular flexibility index (Phi) is 7.11. The number of rotatable bonds is 6. The summed E-state index contributed by atoms with van der Waals surface area (Å²) in [5.41, 5.74) is 9.51. The van der Waals surface area contributed by atoms with Crippen molar-refractivity contribution in [1.29, 1.82) is 0 Å². The summed E-state index contributed by atoms with van der Waals surface area (Å²) in [6.07, 6.45) is 3.66. The average molecular weight is 587 g/mol. The van der Waals surface area contributed by atoms with Gasteiger partial charge in [-0.2, -0.15) is 0 Å². The number of nitrogens with zero attached hydrogens (tertiary/aromatic N) is 4. The van der Waals surface area contributed by atoms with Crippen molar-refractivity contribution in [1.82, 2.24) is 19.9 Å². The van der Waals surface area contributed by atoms with Gasteiger partial charge in [0.15, 0.2) is 0 Å². The largest absolute Gasteiger partial charge is 0.255 e. The third-order valence-corrected chi connectivity index (χ3v) is 14.3. The van der Waals surface area contributed by atoms with Gasteiger partial charge in [0.1, 0.15) is 0 Å². The molecule has 0 saturated heterocycles. The van der Waals surface area contributed by atoms with E-state index in [0.717, 1.165) is 34.2 Å². The fourth-order valence-electron chi connectivity index (χ4n) is 7.00. The lowest BCUT2D eigenvalue weighted by Gasteiger charge is -2.43. The minimum atomic E-state index is -2.43. The first-order valence-electron chi connectivity index (χ1n) is 15.1. The highest BCUT2D eigenvalue weighted by Gasteiger charge is 2.60. The fraction of sp³-hybridized carbons (Fsp3) is 0.128. The minimum Gasteiger partial charge on any atom is -0.255 e. The maximum absolute atomic E-state index is 5.40. The summed E-state index contributed by atoms with van der Waals surface area (Å²) in [6.45, 7) is 7.44. The van der Waals surface area contributed by atoms with Crippen LogP contribution in [-0.2, 0) is 5.04 Å². The van der Waals surface area contributed by atoms with Crippen LogP contribution in [-0.4, -0.2) is 28.0 Å². The van der Waals surface area contributed by atoms with Crippen molar-refractivity contribution in [3.63, 3.8) is 0 Å². The van der Waals surface area contributed by atoms with Crippen molar-refractivity contribution in [2.75, 3.05) is 0 Å². The van der Waals surface area contributed by atoms with Gasteiger partial charge in [-0.3, -0.25) is 15.0 Å². The number of aromatic nitrogens is 4. The lowest BCUT2D eigenvalue weighted by atomic mass is 9.76. The maximum atomic E-state index is 5.40. The summed E-state index contributed by atoms with van der Waals surface area (Å²) in [5, 5.41) is 1.06. The van der Waals surface area contributed by atoms with E-state index < -0.39 is 8.07 Å². The number of benzene rings is 2. The maximum Gasteiger partial charge on any atom is 0.0971 e. The summed E-state index contributed by atoms with van der Waals surface area (Å²) < 4.78 is 0. The van der Waals surface area contributed by atoms with Crippen molar-refractivity contribution < 1.29 is 0 Å². The van der Waals surface area contributed by atoms with Crippen molar-refractivity contribution in [2.24, 2.45) is 0 Å². The normalized spacial score (nSPS) is 19.2. The molecule has 0 spiro atoms. The van der Waals surface area contributed by atoms with Crippen LogP contribution in [0.5, 0.6) is 0 Å². The van der Waals surface area contributed by atoms with Crippen LogP contribution in [0.15, 0.2) is 146 Å². The number of hydrogen-bond donors (Lipinski definition) is 0. The van der Waals surface area contributed by atoms with E-state index in [4.69, 9.17) is 9.97 Å². The van der Waals surface area contributed by atoms with Crippen LogP contribution in [0, 0.1) is 0 Å². The monoisotopic (exact) mass is 586 g/mol. The Bertz CT molecular complexity index is 1940. The molecule has 5 heteroatoms. The average Bonchev–Trinajstić information content (AvgIpc) is 3.29. The van der Waals surface area contributed by atoms with E-state index in [2.05, 4.69) is 127 Å². The fourth-order valence-corrected chi connectivity index (χ4v) is 11.1. The number of hydrogen-bond acceptors (Lipinski definition) is 4. The molecule has 7 rings (SSSR count). The van der Waals surface area contributed by atoms with E-state index in [0.29, 0.717) is 0 Å². The molecule has 0 aliphatic carbocycles. The predicted octanol–water partition coefficient (Wildman–Crippen LogP) is 9.05. The Morgan fingerprint density at radius 1 is 0.523 bits per heavy atom. The second kappa shape index (κ2) is 11.2. The quantitative estimate of drug-likeness (QED) is 0.183. The Morgan fingerprint density at radius 3 is 1.66 bits per heavy atom. The molecule has 0 N–H and O–H groups in total. The molecule has 6 aromatic rings. The van der Waals surface area contributed by atoms with Gasteiger partial charge in [-0.25, -0.2) is 4.98 Å². The van der Waals surface area contributed by atoms with E-state index in [1.54, 1.807) is 0 Å². The van der Waals surface area contributed by atoms with Crippen molar-refractivity contribution in [3.05, 3.63) is 168 Å². The number of allylic oxidation sites excluding steroid dienone is 1. The summed E-state index contributed by atoms with van der Waals surface area (Å²) in [7, 11) is -2.43. The molecular formula is C39H34N4Si. The zero-order valence-corrected chi connectivity index (χ0v) is 26.2. The smallest absolute Gasteiger partial charge is 0.0971 e. The van der Waals surface area contributed by atoms with Gasteiger partial charge in [0.25, 0.3) is 0 Å². The van der Waals surface area contributed by atoms with E-state index in [1.165, 1.54) is 21.9 Å². The third kappa shape index (κ3) is 4.61. The first kappa shape index (κ1) is 27.8. The topological polar surface area (TPSA) is 51.6 Å². The summed E-state index contributed by atoms with van der Waals surface area (Å²) in [6, 6.07) is 46.6. The van der Waals surface area contributed by atoms with Gasteiger partial charge in [0.2, 0.25) is 0 Å². The molecular weight excluding hydrogens is 553 g/mol. The van der Waals surface area contributed by atoms with Gasteiger partial charge in [-0.15, -0.1) is 0 Å². The highest BCUT2D eigenvalue weighted by molar-refractivity contribution is 6.99. The Morgan fingerprint density at radius 2 is 1.05 bits per heavy atom. The third-order valence-electron chi connectivity index (χ3n) is 9.42. The molecule has 5 heterocycles. The predicted molar refractivity (Wildman–Crippen MR) is 182 cm³/mol. The highest BCUT2D eigenvalue weighted by Crippen LogP contribution is 2.62. The van der Waals surface area contributed by atoms with Crippen LogP contribution in [0.2, 0.25) is 13.1 Å². The second-order valence-electron chi connectivity index (χ2n) is 12.1. The molecule has 2 aromatic carbocycles. The lowest BCUT2D eigenvalue weighted by molar-refractivity contribution is 0.580. The van der Waals surface area contributed by atoms with Crippen LogP contribution < -0.4 is 0 Å². The van der Waals surface area contributed by atoms with Crippen LogP contribution in [0.25, 0.3) is 33.5 Å². The summed E-state index contributed by atoms with van der Waals surface area (Å²) in [5.74, 6) is 0.0644. The standard InChI is InChI=1S/C39H34N4Si/c1-39(35-25-15-23-33(43-35)31-21-11-13-27-41-31)37(29-18-8-5-9-19-29)36(28-16-6-4-7-17-28)38(44(39,2)3)34-24-14-22-32(42-34)30-20-10-12-26-40-30/h4-27,37H,1-3H3. The molecule has 2 atom stereocenters. The van der Waals surface area contributed by atoms with E-state index >= 15 is 0 Å². The van der Waals surface area contributed by atoms with Crippen LogP contribution in [0.3, 0.4) is 0 Å². The van der Waals surface area contributed by atoms with Crippen molar-refractivity contribution in [2.45, 2.75) is 31.0 Å². The molecule has 44 heavy (non-hydrogen) atoms. The van der Waals surface area contributed by atoms with Gasteiger partial charge in [-0.1, -0.05) is 105 Å². The highest BCUT2D eigenvalue weighted by atomic mass is 28.3. The van der Waals surface area contributed by atoms with Crippen molar-refractivity contribution >= 4 is 18.8 Å². The van der Waals surface area contributed by atoms with E-state index in [-0.39, 0.29) is 11.0 Å². The Balaban J connectivity index is 1.52. The molecule has 0 amide bonds. The van der Waals surface area contributed by atoms with Gasteiger partial charge in [0, 0.05) is 29.0 Å².